The molecule has 0 amide bonds. The first-order valence-electron chi connectivity index (χ1n) is 10.4. The Morgan fingerprint density at radius 1 is 0.515 bits per heavy atom. The van der Waals surface area contributed by atoms with Crippen LogP contribution in [0, 0.1) is 11.3 Å². The molecule has 1 aromatic heterocycles. The van der Waals surface area contributed by atoms with Gasteiger partial charge in [-0.2, -0.15) is 5.26 Å². The quantitative estimate of drug-likeness (QED) is 0.297. The molecular formula is C28H17ClN4. The summed E-state index contributed by atoms with van der Waals surface area (Å²) in [6, 6.07) is 35.0. The summed E-state index contributed by atoms with van der Waals surface area (Å²) < 4.78 is 0. The molecule has 33 heavy (non-hydrogen) atoms. The first-order valence-corrected chi connectivity index (χ1v) is 10.8. The Kier molecular flexibility index (Phi) is 5.63. The summed E-state index contributed by atoms with van der Waals surface area (Å²) in [7, 11) is 0. The molecule has 0 radical (unpaired) electrons. The molecule has 5 heteroatoms. The molecule has 0 aliphatic heterocycles. The molecule has 0 saturated heterocycles. The third kappa shape index (κ3) is 4.50. The molecule has 0 N–H and O–H groups in total. The highest BCUT2D eigenvalue weighted by atomic mass is 35.5. The van der Waals surface area contributed by atoms with E-state index in [9.17, 15) is 0 Å². The van der Waals surface area contributed by atoms with Crippen molar-refractivity contribution in [2.75, 3.05) is 0 Å². The molecule has 156 valence electrons. The second-order valence-electron chi connectivity index (χ2n) is 7.45. The van der Waals surface area contributed by atoms with Crippen molar-refractivity contribution in [3.05, 3.63) is 114 Å². The average Bonchev–Trinajstić information content (AvgIpc) is 2.89. The number of benzene rings is 4. The van der Waals surface area contributed by atoms with E-state index in [0.717, 1.165) is 27.8 Å². The molecule has 0 aliphatic rings. The maximum atomic E-state index is 9.12. The zero-order chi connectivity index (χ0) is 22.6. The van der Waals surface area contributed by atoms with Gasteiger partial charge in [0.2, 0.25) is 0 Å². The number of hydrogen-bond donors (Lipinski definition) is 0. The van der Waals surface area contributed by atoms with Crippen LogP contribution in [0.25, 0.3) is 45.3 Å². The average molecular weight is 445 g/mol. The van der Waals surface area contributed by atoms with Gasteiger partial charge in [-0.1, -0.05) is 72.3 Å². The molecule has 4 nitrogen and oxygen atoms in total. The topological polar surface area (TPSA) is 62.5 Å². The second kappa shape index (κ2) is 9.04. The van der Waals surface area contributed by atoms with E-state index in [1.807, 2.05) is 84.9 Å². The Morgan fingerprint density at radius 2 is 1.03 bits per heavy atom. The molecule has 0 aliphatic carbocycles. The van der Waals surface area contributed by atoms with Crippen molar-refractivity contribution in [3.63, 3.8) is 0 Å². The highest BCUT2D eigenvalue weighted by Gasteiger charge is 2.13. The van der Waals surface area contributed by atoms with E-state index in [1.54, 1.807) is 12.1 Å². The van der Waals surface area contributed by atoms with Gasteiger partial charge in [0.1, 0.15) is 0 Å². The molecule has 0 unspecified atom stereocenters. The van der Waals surface area contributed by atoms with E-state index in [4.69, 9.17) is 31.8 Å². The molecule has 1 heterocycles. The van der Waals surface area contributed by atoms with Gasteiger partial charge in [0, 0.05) is 21.7 Å². The predicted molar refractivity (Wildman–Crippen MR) is 131 cm³/mol. The minimum atomic E-state index is 0.552. The number of aromatic nitrogens is 3. The molecule has 0 saturated carbocycles. The summed E-state index contributed by atoms with van der Waals surface area (Å²) >= 11 is 6.20. The monoisotopic (exact) mass is 444 g/mol. The van der Waals surface area contributed by atoms with Gasteiger partial charge < -0.3 is 0 Å². The molecule has 0 fully saturated rings. The third-order valence-electron chi connectivity index (χ3n) is 5.22. The summed E-state index contributed by atoms with van der Waals surface area (Å²) in [6.07, 6.45) is 0. The Balaban J connectivity index is 1.65. The van der Waals surface area contributed by atoms with Gasteiger partial charge in [0.05, 0.1) is 11.6 Å². The van der Waals surface area contributed by atoms with Crippen LogP contribution in [-0.2, 0) is 0 Å². The Bertz CT molecular complexity index is 1470. The van der Waals surface area contributed by atoms with Crippen molar-refractivity contribution in [2.45, 2.75) is 0 Å². The van der Waals surface area contributed by atoms with Crippen molar-refractivity contribution in [1.82, 2.24) is 15.0 Å². The van der Waals surface area contributed by atoms with Gasteiger partial charge in [0.15, 0.2) is 17.5 Å². The Morgan fingerprint density at radius 3 is 1.67 bits per heavy atom. The van der Waals surface area contributed by atoms with Crippen molar-refractivity contribution >= 4 is 11.6 Å². The first kappa shape index (κ1) is 20.6. The van der Waals surface area contributed by atoms with Crippen LogP contribution >= 0.6 is 11.6 Å². The lowest BCUT2D eigenvalue weighted by molar-refractivity contribution is 1.07. The SMILES string of the molecule is N#Cc1ccc(-c2nc(-c3ccccc3)nc(-c3cccc(-c4cccc(Cl)c4)c3)n2)cc1. The van der Waals surface area contributed by atoms with Gasteiger partial charge in [-0.25, -0.2) is 15.0 Å². The fraction of sp³-hybridized carbons (Fsp3) is 0. The lowest BCUT2D eigenvalue weighted by atomic mass is 10.0. The molecule has 5 aromatic rings. The van der Waals surface area contributed by atoms with Crippen LogP contribution in [0.15, 0.2) is 103 Å². The van der Waals surface area contributed by atoms with Crippen LogP contribution < -0.4 is 0 Å². The number of nitrogens with zero attached hydrogens (tertiary/aromatic N) is 4. The Labute approximate surface area is 196 Å². The highest BCUT2D eigenvalue weighted by molar-refractivity contribution is 6.30. The van der Waals surface area contributed by atoms with Crippen LogP contribution in [0.4, 0.5) is 0 Å². The predicted octanol–water partition coefficient (Wildman–Crippen LogP) is 7.06. The maximum absolute atomic E-state index is 9.12. The van der Waals surface area contributed by atoms with Crippen molar-refractivity contribution in [3.8, 4) is 51.4 Å². The normalized spacial score (nSPS) is 10.5. The lowest BCUT2D eigenvalue weighted by Crippen LogP contribution is -2.00. The van der Waals surface area contributed by atoms with E-state index in [2.05, 4.69) is 12.1 Å². The van der Waals surface area contributed by atoms with Gasteiger partial charge in [-0.15, -0.1) is 0 Å². The molecule has 0 spiro atoms. The molecule has 4 aromatic carbocycles. The molecule has 0 bridgehead atoms. The highest BCUT2D eigenvalue weighted by Crippen LogP contribution is 2.29. The van der Waals surface area contributed by atoms with Crippen LogP contribution in [0.3, 0.4) is 0 Å². The first-order chi connectivity index (χ1) is 16.2. The van der Waals surface area contributed by atoms with E-state index in [0.29, 0.717) is 28.1 Å². The van der Waals surface area contributed by atoms with E-state index < -0.39 is 0 Å². The van der Waals surface area contributed by atoms with Crippen molar-refractivity contribution in [1.29, 1.82) is 5.26 Å². The third-order valence-corrected chi connectivity index (χ3v) is 5.45. The van der Waals surface area contributed by atoms with Crippen molar-refractivity contribution in [2.24, 2.45) is 0 Å². The standard InChI is InChI=1S/C28H17ClN4/c29-25-11-5-9-23(17-25)22-8-4-10-24(16-22)28-32-26(20-6-2-1-3-7-20)31-27(33-28)21-14-12-19(18-30)13-15-21/h1-17H. The van der Waals surface area contributed by atoms with E-state index in [1.165, 1.54) is 0 Å². The van der Waals surface area contributed by atoms with E-state index in [-0.39, 0.29) is 0 Å². The minimum Gasteiger partial charge on any atom is -0.208 e. The summed E-state index contributed by atoms with van der Waals surface area (Å²) in [5.74, 6) is 1.72. The van der Waals surface area contributed by atoms with Crippen LogP contribution in [0.5, 0.6) is 0 Å². The van der Waals surface area contributed by atoms with Gasteiger partial charge >= 0.3 is 0 Å². The summed E-state index contributed by atoms with van der Waals surface area (Å²) in [6.45, 7) is 0. The number of nitriles is 1. The fourth-order valence-electron chi connectivity index (χ4n) is 3.55. The van der Waals surface area contributed by atoms with Gasteiger partial charge in [-0.3, -0.25) is 0 Å². The van der Waals surface area contributed by atoms with Crippen LogP contribution in [0.2, 0.25) is 5.02 Å². The smallest absolute Gasteiger partial charge is 0.164 e. The zero-order valence-corrected chi connectivity index (χ0v) is 18.2. The summed E-state index contributed by atoms with van der Waals surface area (Å²) in [5, 5.41) is 9.81. The lowest BCUT2D eigenvalue weighted by Gasteiger charge is -2.10. The Hall–Kier alpha value is -4.33. The molecular weight excluding hydrogens is 428 g/mol. The van der Waals surface area contributed by atoms with E-state index >= 15 is 0 Å². The molecule has 0 atom stereocenters. The summed E-state index contributed by atoms with van der Waals surface area (Å²) in [5.41, 5.74) is 5.24. The second-order valence-corrected chi connectivity index (χ2v) is 7.89. The summed E-state index contributed by atoms with van der Waals surface area (Å²) in [4.78, 5) is 14.3. The van der Waals surface area contributed by atoms with Crippen LogP contribution in [-0.4, -0.2) is 15.0 Å². The van der Waals surface area contributed by atoms with Gasteiger partial charge in [0.25, 0.3) is 0 Å². The largest absolute Gasteiger partial charge is 0.208 e. The zero-order valence-electron chi connectivity index (χ0n) is 17.5. The number of rotatable bonds is 4. The van der Waals surface area contributed by atoms with Crippen LogP contribution in [0.1, 0.15) is 5.56 Å². The molecule has 5 rings (SSSR count). The number of halogens is 1. The fourth-order valence-corrected chi connectivity index (χ4v) is 3.74. The van der Waals surface area contributed by atoms with Crippen molar-refractivity contribution < 1.29 is 0 Å². The maximum Gasteiger partial charge on any atom is 0.164 e. The minimum absolute atomic E-state index is 0.552. The number of hydrogen-bond acceptors (Lipinski definition) is 4. The van der Waals surface area contributed by atoms with Gasteiger partial charge in [-0.05, 0) is 53.6 Å².